The van der Waals surface area contributed by atoms with E-state index >= 15 is 0 Å². The molecule has 0 radical (unpaired) electrons. The molecule has 0 spiro atoms. The molecule has 1 fully saturated rings. The first kappa shape index (κ1) is 12.8. The molecule has 0 atom stereocenters. The summed E-state index contributed by atoms with van der Waals surface area (Å²) < 4.78 is 29.0. The average Bonchev–Trinajstić information content (AvgIpc) is 3.21. The summed E-state index contributed by atoms with van der Waals surface area (Å²) in [6.07, 6.45) is 1.87. The summed E-state index contributed by atoms with van der Waals surface area (Å²) in [6.45, 7) is 1.72. The Labute approximate surface area is 122 Å². The SMILES string of the molecule is Cc1sc2c(c1O)c(=O)c1cc(F)c(F)cc1n2C1CC1. The highest BCUT2D eigenvalue weighted by Gasteiger charge is 2.29. The summed E-state index contributed by atoms with van der Waals surface area (Å²) in [4.78, 5) is 13.8. The van der Waals surface area contributed by atoms with Crippen LogP contribution in [0.4, 0.5) is 8.78 Å². The molecule has 1 aliphatic rings. The van der Waals surface area contributed by atoms with Crippen molar-refractivity contribution >= 4 is 32.5 Å². The van der Waals surface area contributed by atoms with E-state index in [9.17, 15) is 18.7 Å². The summed E-state index contributed by atoms with van der Waals surface area (Å²) in [5.74, 6) is -2.07. The molecule has 21 heavy (non-hydrogen) atoms. The standard InChI is InChI=1S/C15H11F2NO2S/c1-6-13(19)12-14(20)8-4-9(16)10(17)5-11(8)18(7-2-3-7)15(12)21-6/h4-5,7,19H,2-3H2,1H3. The highest BCUT2D eigenvalue weighted by molar-refractivity contribution is 7.19. The molecule has 0 unspecified atom stereocenters. The van der Waals surface area contributed by atoms with Crippen molar-refractivity contribution in [3.05, 3.63) is 38.9 Å². The smallest absolute Gasteiger partial charge is 0.201 e. The third-order valence-electron chi connectivity index (χ3n) is 3.93. The van der Waals surface area contributed by atoms with E-state index in [1.54, 1.807) is 6.92 Å². The first-order valence-electron chi connectivity index (χ1n) is 6.64. The second kappa shape index (κ2) is 4.04. The lowest BCUT2D eigenvalue weighted by molar-refractivity contribution is 0.480. The van der Waals surface area contributed by atoms with Gasteiger partial charge in [-0.3, -0.25) is 4.79 Å². The monoisotopic (exact) mass is 307 g/mol. The van der Waals surface area contributed by atoms with Gasteiger partial charge in [0.25, 0.3) is 0 Å². The number of fused-ring (bicyclic) bond motifs is 2. The van der Waals surface area contributed by atoms with Crippen LogP contribution in [-0.4, -0.2) is 9.67 Å². The molecule has 1 saturated carbocycles. The van der Waals surface area contributed by atoms with Gasteiger partial charge in [0.15, 0.2) is 11.6 Å². The van der Waals surface area contributed by atoms with Gasteiger partial charge in [-0.15, -0.1) is 11.3 Å². The molecule has 0 amide bonds. The topological polar surface area (TPSA) is 42.2 Å². The third-order valence-corrected chi connectivity index (χ3v) is 5.03. The lowest BCUT2D eigenvalue weighted by Gasteiger charge is -2.12. The van der Waals surface area contributed by atoms with Crippen LogP contribution in [0.25, 0.3) is 21.1 Å². The molecule has 2 heterocycles. The highest BCUT2D eigenvalue weighted by Crippen LogP contribution is 2.44. The van der Waals surface area contributed by atoms with Crippen LogP contribution in [-0.2, 0) is 0 Å². The zero-order valence-electron chi connectivity index (χ0n) is 11.1. The largest absolute Gasteiger partial charge is 0.506 e. The molecule has 3 nitrogen and oxygen atoms in total. The summed E-state index contributed by atoms with van der Waals surface area (Å²) in [6, 6.07) is 2.19. The molecule has 2 aromatic heterocycles. The van der Waals surface area contributed by atoms with E-state index in [1.807, 2.05) is 4.57 Å². The number of aromatic hydroxyl groups is 1. The van der Waals surface area contributed by atoms with Gasteiger partial charge >= 0.3 is 0 Å². The van der Waals surface area contributed by atoms with Crippen molar-refractivity contribution in [2.24, 2.45) is 0 Å². The van der Waals surface area contributed by atoms with E-state index in [1.165, 1.54) is 11.3 Å². The number of pyridine rings is 1. The number of benzene rings is 1. The first-order chi connectivity index (χ1) is 9.99. The lowest BCUT2D eigenvalue weighted by Crippen LogP contribution is -2.10. The van der Waals surface area contributed by atoms with Crippen LogP contribution in [0.5, 0.6) is 5.75 Å². The van der Waals surface area contributed by atoms with Gasteiger partial charge in [-0.2, -0.15) is 0 Å². The van der Waals surface area contributed by atoms with E-state index in [-0.39, 0.29) is 22.6 Å². The van der Waals surface area contributed by atoms with E-state index in [4.69, 9.17) is 0 Å². The van der Waals surface area contributed by atoms with E-state index in [2.05, 4.69) is 0 Å². The maximum absolute atomic E-state index is 13.6. The zero-order valence-corrected chi connectivity index (χ0v) is 11.9. The first-order valence-corrected chi connectivity index (χ1v) is 7.46. The molecular weight excluding hydrogens is 296 g/mol. The van der Waals surface area contributed by atoms with Crippen molar-refractivity contribution in [3.63, 3.8) is 0 Å². The maximum Gasteiger partial charge on any atom is 0.201 e. The zero-order chi connectivity index (χ0) is 14.9. The fourth-order valence-corrected chi connectivity index (χ4v) is 3.88. The van der Waals surface area contributed by atoms with Crippen LogP contribution in [0, 0.1) is 18.6 Å². The molecule has 3 aromatic rings. The second-order valence-electron chi connectivity index (χ2n) is 5.40. The van der Waals surface area contributed by atoms with Crippen molar-refractivity contribution in [1.29, 1.82) is 0 Å². The molecule has 6 heteroatoms. The van der Waals surface area contributed by atoms with Gasteiger partial charge in [0.05, 0.1) is 10.9 Å². The van der Waals surface area contributed by atoms with E-state index in [0.717, 1.165) is 25.0 Å². The minimum atomic E-state index is -1.05. The number of hydrogen-bond acceptors (Lipinski definition) is 3. The molecule has 4 rings (SSSR count). The Bertz CT molecular complexity index is 970. The van der Waals surface area contributed by atoms with Gasteiger partial charge in [0.1, 0.15) is 10.6 Å². The predicted molar refractivity (Wildman–Crippen MR) is 78.2 cm³/mol. The Balaban J connectivity index is 2.32. The van der Waals surface area contributed by atoms with Crippen molar-refractivity contribution in [1.82, 2.24) is 4.57 Å². The normalized spacial score (nSPS) is 15.2. The molecule has 0 aliphatic heterocycles. The number of halogens is 2. The number of aromatic nitrogens is 1. The fraction of sp³-hybridized carbons (Fsp3) is 0.267. The van der Waals surface area contributed by atoms with Crippen molar-refractivity contribution in [2.45, 2.75) is 25.8 Å². The van der Waals surface area contributed by atoms with Crippen molar-refractivity contribution in [3.8, 4) is 5.75 Å². The molecule has 108 valence electrons. The van der Waals surface area contributed by atoms with Crippen LogP contribution in [0.3, 0.4) is 0 Å². The average molecular weight is 307 g/mol. The number of rotatable bonds is 1. The van der Waals surface area contributed by atoms with Gasteiger partial charge in [-0.25, -0.2) is 8.78 Å². The molecule has 0 saturated heterocycles. The molecule has 0 bridgehead atoms. The summed E-state index contributed by atoms with van der Waals surface area (Å²) in [5, 5.41) is 10.4. The van der Waals surface area contributed by atoms with Crippen LogP contribution in [0.2, 0.25) is 0 Å². The summed E-state index contributed by atoms with van der Waals surface area (Å²) in [7, 11) is 0. The van der Waals surface area contributed by atoms with Gasteiger partial charge in [-0.1, -0.05) is 0 Å². The Morgan fingerprint density at radius 3 is 2.62 bits per heavy atom. The lowest BCUT2D eigenvalue weighted by atomic mass is 10.1. The van der Waals surface area contributed by atoms with Gasteiger partial charge < -0.3 is 9.67 Å². The maximum atomic E-state index is 13.6. The van der Waals surface area contributed by atoms with Gasteiger partial charge in [0.2, 0.25) is 5.43 Å². The van der Waals surface area contributed by atoms with Crippen LogP contribution in [0.1, 0.15) is 23.8 Å². The Hall–Kier alpha value is -1.95. The highest BCUT2D eigenvalue weighted by atomic mass is 32.1. The quantitative estimate of drug-likeness (QED) is 0.742. The van der Waals surface area contributed by atoms with Gasteiger partial charge in [-0.05, 0) is 25.8 Å². The van der Waals surface area contributed by atoms with Crippen LogP contribution >= 0.6 is 11.3 Å². The van der Waals surface area contributed by atoms with E-state index < -0.39 is 17.1 Å². The van der Waals surface area contributed by atoms with Crippen LogP contribution < -0.4 is 5.43 Å². The molecule has 1 N–H and O–H groups in total. The van der Waals surface area contributed by atoms with Gasteiger partial charge in [0, 0.05) is 22.4 Å². The van der Waals surface area contributed by atoms with Crippen molar-refractivity contribution in [2.75, 3.05) is 0 Å². The minimum Gasteiger partial charge on any atom is -0.506 e. The Morgan fingerprint density at radius 2 is 1.95 bits per heavy atom. The van der Waals surface area contributed by atoms with Crippen LogP contribution in [0.15, 0.2) is 16.9 Å². The van der Waals surface area contributed by atoms with E-state index in [0.29, 0.717) is 15.2 Å². The summed E-state index contributed by atoms with van der Waals surface area (Å²) >= 11 is 1.31. The number of nitrogens with zero attached hydrogens (tertiary/aromatic N) is 1. The Kier molecular flexibility index (Phi) is 2.45. The number of aryl methyl sites for hydroxylation is 1. The molecular formula is C15H11F2NO2S. The minimum absolute atomic E-state index is 0.0546. The summed E-state index contributed by atoms with van der Waals surface area (Å²) in [5.41, 5.74) is -0.0483. The molecule has 1 aromatic carbocycles. The predicted octanol–water partition coefficient (Wildman–Crippen LogP) is 3.84. The fourth-order valence-electron chi connectivity index (χ4n) is 2.75. The Morgan fingerprint density at radius 1 is 1.29 bits per heavy atom. The number of thiophene rings is 1. The second-order valence-corrected chi connectivity index (χ2v) is 6.60. The third kappa shape index (κ3) is 1.65. The number of hydrogen-bond donors (Lipinski definition) is 1. The van der Waals surface area contributed by atoms with Crippen molar-refractivity contribution < 1.29 is 13.9 Å². The molecule has 1 aliphatic carbocycles.